The second kappa shape index (κ2) is 6.19. The Kier molecular flexibility index (Phi) is 3.84. The highest BCUT2D eigenvalue weighted by atomic mass is 16.5. The Morgan fingerprint density at radius 2 is 1.62 bits per heavy atom. The van der Waals surface area contributed by atoms with Crippen LogP contribution in [0.1, 0.15) is 0 Å². The first-order valence-corrected chi connectivity index (χ1v) is 8.20. The number of benzene rings is 3. The van der Waals surface area contributed by atoms with E-state index in [0.29, 0.717) is 11.5 Å². The van der Waals surface area contributed by atoms with Crippen molar-refractivity contribution in [2.75, 3.05) is 21.3 Å². The first-order chi connectivity index (χ1) is 12.7. The van der Waals surface area contributed by atoms with E-state index in [9.17, 15) is 5.11 Å². The minimum atomic E-state index is 0.145. The zero-order chi connectivity index (χ0) is 18.3. The van der Waals surface area contributed by atoms with E-state index < -0.39 is 0 Å². The van der Waals surface area contributed by atoms with Crippen molar-refractivity contribution < 1.29 is 19.3 Å². The minimum absolute atomic E-state index is 0.145. The molecule has 0 fully saturated rings. The third-order valence-corrected chi connectivity index (χ3v) is 4.67. The third-order valence-electron chi connectivity index (χ3n) is 4.67. The van der Waals surface area contributed by atoms with Gasteiger partial charge in [0.05, 0.1) is 21.3 Å². The lowest BCUT2D eigenvalue weighted by Crippen LogP contribution is -1.94. The average Bonchev–Trinajstić information content (AvgIpc) is 3.06. The molecule has 0 radical (unpaired) electrons. The zero-order valence-electron chi connectivity index (χ0n) is 14.8. The Labute approximate surface area is 150 Å². The fraction of sp³-hybridized carbons (Fsp3) is 0.143. The van der Waals surface area contributed by atoms with E-state index in [4.69, 9.17) is 14.2 Å². The predicted octanol–water partition coefficient (Wildman–Crippen LogP) is 4.72. The van der Waals surface area contributed by atoms with E-state index in [-0.39, 0.29) is 5.88 Å². The molecule has 5 nitrogen and oxygen atoms in total. The number of H-pyrrole nitrogens is 1. The van der Waals surface area contributed by atoms with Crippen molar-refractivity contribution in [3.05, 3.63) is 48.7 Å². The fourth-order valence-corrected chi connectivity index (χ4v) is 3.44. The van der Waals surface area contributed by atoms with Crippen molar-refractivity contribution in [2.45, 2.75) is 0 Å². The molecule has 0 bridgehead atoms. The number of nitrogens with one attached hydrogen (secondary N) is 1. The number of hydrogen-bond acceptors (Lipinski definition) is 4. The molecule has 1 heterocycles. The molecular formula is C21H19NO4. The van der Waals surface area contributed by atoms with Crippen molar-refractivity contribution in [3.63, 3.8) is 0 Å². The molecule has 0 aliphatic carbocycles. The second-order valence-corrected chi connectivity index (χ2v) is 5.98. The van der Waals surface area contributed by atoms with E-state index in [0.717, 1.165) is 38.4 Å². The molecule has 0 amide bonds. The van der Waals surface area contributed by atoms with Crippen molar-refractivity contribution >= 4 is 21.5 Å². The molecule has 1 aromatic heterocycles. The van der Waals surface area contributed by atoms with Gasteiger partial charge in [-0.15, -0.1) is 0 Å². The summed E-state index contributed by atoms with van der Waals surface area (Å²) < 4.78 is 16.5. The number of methoxy groups -OCH3 is 3. The quantitative estimate of drug-likeness (QED) is 0.560. The number of fused-ring (bicyclic) bond motifs is 2. The normalized spacial score (nSPS) is 11.0. The third kappa shape index (κ3) is 2.32. The van der Waals surface area contributed by atoms with Gasteiger partial charge >= 0.3 is 0 Å². The Bertz CT molecular complexity index is 1100. The second-order valence-electron chi connectivity index (χ2n) is 5.98. The highest BCUT2D eigenvalue weighted by molar-refractivity contribution is 6.16. The van der Waals surface area contributed by atoms with Crippen LogP contribution >= 0.6 is 0 Å². The fourth-order valence-electron chi connectivity index (χ4n) is 3.44. The predicted molar refractivity (Wildman–Crippen MR) is 103 cm³/mol. The molecule has 2 N–H and O–H groups in total. The Hall–Kier alpha value is -3.34. The molecule has 26 heavy (non-hydrogen) atoms. The maximum absolute atomic E-state index is 10.2. The lowest BCUT2D eigenvalue weighted by molar-refractivity contribution is 0.358. The highest BCUT2D eigenvalue weighted by Gasteiger charge is 2.19. The molecule has 0 atom stereocenters. The van der Waals surface area contributed by atoms with Crippen LogP contribution in [0.2, 0.25) is 0 Å². The SMILES string of the molecule is COc1ccc(-c2c3c[nH]c(O)c3cc3ccc(OC)c(OC)c23)cc1. The first-order valence-electron chi connectivity index (χ1n) is 8.20. The number of aromatic amines is 1. The number of ether oxygens (including phenoxy) is 3. The van der Waals surface area contributed by atoms with E-state index in [1.54, 1.807) is 21.3 Å². The van der Waals surface area contributed by atoms with Crippen LogP contribution in [0.3, 0.4) is 0 Å². The van der Waals surface area contributed by atoms with Gasteiger partial charge in [0.15, 0.2) is 17.4 Å². The van der Waals surface area contributed by atoms with Gasteiger partial charge in [-0.2, -0.15) is 0 Å². The molecule has 132 valence electrons. The molecule has 0 aliphatic heterocycles. The van der Waals surface area contributed by atoms with Crippen molar-refractivity contribution in [1.82, 2.24) is 4.98 Å². The van der Waals surface area contributed by atoms with Crippen LogP contribution < -0.4 is 14.2 Å². The van der Waals surface area contributed by atoms with Gasteiger partial charge in [-0.25, -0.2) is 0 Å². The lowest BCUT2D eigenvalue weighted by Gasteiger charge is -2.16. The van der Waals surface area contributed by atoms with Crippen molar-refractivity contribution in [3.8, 4) is 34.3 Å². The van der Waals surface area contributed by atoms with Gasteiger partial charge < -0.3 is 24.3 Å². The molecular weight excluding hydrogens is 330 g/mol. The number of rotatable bonds is 4. The summed E-state index contributed by atoms with van der Waals surface area (Å²) in [4.78, 5) is 2.91. The van der Waals surface area contributed by atoms with E-state index in [1.165, 1.54) is 0 Å². The molecule has 0 aliphatic rings. The molecule has 4 aromatic rings. The summed E-state index contributed by atoms with van der Waals surface area (Å²) in [6.07, 6.45) is 1.81. The number of aromatic nitrogens is 1. The van der Waals surface area contributed by atoms with Gasteiger partial charge in [0.2, 0.25) is 0 Å². The average molecular weight is 349 g/mol. The van der Waals surface area contributed by atoms with Crippen LogP contribution in [0.4, 0.5) is 0 Å². The smallest absolute Gasteiger partial charge is 0.196 e. The van der Waals surface area contributed by atoms with E-state index in [1.807, 2.05) is 48.7 Å². The molecule has 0 unspecified atom stereocenters. The molecule has 3 aromatic carbocycles. The standard InChI is InChI=1S/C21H19NO4/c1-24-14-7-4-12(5-8-14)18-16-11-22-21(23)15(16)10-13-6-9-17(25-2)20(26-3)19(13)18/h4-11,22-23H,1-3H3. The topological polar surface area (TPSA) is 63.7 Å². The lowest BCUT2D eigenvalue weighted by atomic mass is 9.93. The molecule has 0 saturated carbocycles. The van der Waals surface area contributed by atoms with Crippen LogP contribution in [0.5, 0.6) is 23.1 Å². The Morgan fingerprint density at radius 3 is 2.27 bits per heavy atom. The maximum atomic E-state index is 10.2. The summed E-state index contributed by atoms with van der Waals surface area (Å²) in [5.74, 6) is 2.26. The van der Waals surface area contributed by atoms with Crippen LogP contribution in [0.25, 0.3) is 32.7 Å². The van der Waals surface area contributed by atoms with Gasteiger partial charge in [-0.3, -0.25) is 0 Å². The Balaban J connectivity index is 2.17. The monoisotopic (exact) mass is 349 g/mol. The van der Waals surface area contributed by atoms with Crippen molar-refractivity contribution in [1.29, 1.82) is 0 Å². The highest BCUT2D eigenvalue weighted by Crippen LogP contribution is 2.46. The number of hydrogen-bond donors (Lipinski definition) is 2. The Morgan fingerprint density at radius 1 is 0.846 bits per heavy atom. The van der Waals surface area contributed by atoms with Crippen molar-refractivity contribution in [2.24, 2.45) is 0 Å². The van der Waals surface area contributed by atoms with Gasteiger partial charge in [-0.05, 0) is 35.2 Å². The van der Waals surface area contributed by atoms with Crippen LogP contribution in [-0.2, 0) is 0 Å². The summed E-state index contributed by atoms with van der Waals surface area (Å²) in [7, 11) is 4.90. The summed E-state index contributed by atoms with van der Waals surface area (Å²) in [5.41, 5.74) is 1.96. The molecule has 0 spiro atoms. The summed E-state index contributed by atoms with van der Waals surface area (Å²) in [5, 5.41) is 13.8. The first kappa shape index (κ1) is 16.1. The maximum Gasteiger partial charge on any atom is 0.196 e. The minimum Gasteiger partial charge on any atom is -0.497 e. The molecule has 0 saturated heterocycles. The van der Waals surface area contributed by atoms with Gasteiger partial charge in [0, 0.05) is 27.9 Å². The summed E-state index contributed by atoms with van der Waals surface area (Å²) >= 11 is 0. The van der Waals surface area contributed by atoms with Crippen LogP contribution in [0, 0.1) is 0 Å². The van der Waals surface area contributed by atoms with E-state index >= 15 is 0 Å². The molecule has 5 heteroatoms. The molecule has 4 rings (SSSR count). The van der Waals surface area contributed by atoms with Gasteiger partial charge in [0.1, 0.15) is 5.75 Å². The van der Waals surface area contributed by atoms with E-state index in [2.05, 4.69) is 4.98 Å². The number of aromatic hydroxyl groups is 1. The summed E-state index contributed by atoms with van der Waals surface area (Å²) in [6, 6.07) is 13.6. The van der Waals surface area contributed by atoms with Gasteiger partial charge in [-0.1, -0.05) is 18.2 Å². The summed E-state index contributed by atoms with van der Waals surface area (Å²) in [6.45, 7) is 0. The van der Waals surface area contributed by atoms with Crippen LogP contribution in [0.15, 0.2) is 48.7 Å². The van der Waals surface area contributed by atoms with Crippen LogP contribution in [-0.4, -0.2) is 31.4 Å². The zero-order valence-corrected chi connectivity index (χ0v) is 14.8. The van der Waals surface area contributed by atoms with Gasteiger partial charge in [0.25, 0.3) is 0 Å². The largest absolute Gasteiger partial charge is 0.497 e.